The van der Waals surface area contributed by atoms with Crippen LogP contribution in [0.15, 0.2) is 24.3 Å². The minimum absolute atomic E-state index is 0.0920. The minimum atomic E-state index is -0.571. The van der Waals surface area contributed by atoms with Crippen LogP contribution in [0.1, 0.15) is 72.8 Å². The molecule has 3 rings (SSSR count). The van der Waals surface area contributed by atoms with Gasteiger partial charge < -0.3 is 15.2 Å². The van der Waals surface area contributed by atoms with Gasteiger partial charge in [0.25, 0.3) is 5.91 Å². The minimum Gasteiger partial charge on any atom is -0.469 e. The van der Waals surface area contributed by atoms with E-state index in [-0.39, 0.29) is 17.9 Å². The Balaban J connectivity index is 1.65. The number of aryl methyl sites for hydroxylation is 1. The first-order chi connectivity index (χ1) is 14.8. The van der Waals surface area contributed by atoms with Crippen molar-refractivity contribution in [3.05, 3.63) is 46.8 Å². The van der Waals surface area contributed by atoms with Gasteiger partial charge in [-0.3, -0.25) is 9.59 Å². The molecular weight excluding hydrogens is 394 g/mol. The van der Waals surface area contributed by atoms with Crippen LogP contribution in [0.5, 0.6) is 0 Å². The highest BCUT2D eigenvalue weighted by molar-refractivity contribution is 5.94. The van der Waals surface area contributed by atoms with Crippen LogP contribution in [0.4, 0.5) is 0 Å². The zero-order valence-corrected chi connectivity index (χ0v) is 18.9. The number of rotatable bonds is 7. The first-order valence-electron chi connectivity index (χ1n) is 11.0. The highest BCUT2D eigenvalue weighted by Gasteiger charge is 2.32. The zero-order valence-electron chi connectivity index (χ0n) is 18.9. The van der Waals surface area contributed by atoms with Crippen molar-refractivity contribution in [1.82, 2.24) is 15.1 Å². The Bertz CT molecular complexity index is 925. The van der Waals surface area contributed by atoms with Gasteiger partial charge in [0.05, 0.1) is 24.1 Å². The van der Waals surface area contributed by atoms with Crippen LogP contribution in [-0.2, 0) is 16.0 Å². The number of nitrogens with zero attached hydrogens (tertiary/aromatic N) is 2. The third-order valence-electron chi connectivity index (χ3n) is 6.53. The van der Waals surface area contributed by atoms with Gasteiger partial charge in [-0.05, 0) is 82.2 Å². The lowest BCUT2D eigenvalue weighted by atomic mass is 9.80. The standard InChI is InChI=1S/C24H33N3O4/c1-5-24(30)14-12-19(13-15-24)25-23(29)18-6-8-20(9-7-18)27-17(3)21(16(2)26-27)10-11-22(28)31-4/h6-9,19,30H,5,10-15H2,1-4H3,(H,25,29). The van der Waals surface area contributed by atoms with E-state index in [9.17, 15) is 14.7 Å². The third-order valence-corrected chi connectivity index (χ3v) is 6.53. The molecule has 1 amide bonds. The van der Waals surface area contributed by atoms with E-state index >= 15 is 0 Å². The summed E-state index contributed by atoms with van der Waals surface area (Å²) in [6.07, 6.45) is 4.71. The summed E-state index contributed by atoms with van der Waals surface area (Å²) in [7, 11) is 1.39. The molecule has 0 radical (unpaired) electrons. The van der Waals surface area contributed by atoms with Crippen molar-refractivity contribution < 1.29 is 19.4 Å². The summed E-state index contributed by atoms with van der Waals surface area (Å²) < 4.78 is 6.58. The van der Waals surface area contributed by atoms with Gasteiger partial charge in [-0.25, -0.2) is 4.68 Å². The summed E-state index contributed by atoms with van der Waals surface area (Å²) in [5.74, 6) is -0.329. The molecule has 0 atom stereocenters. The molecule has 1 aromatic heterocycles. The Labute approximate surface area is 183 Å². The van der Waals surface area contributed by atoms with Crippen molar-refractivity contribution in [2.24, 2.45) is 0 Å². The van der Waals surface area contributed by atoms with Crippen molar-refractivity contribution in [1.29, 1.82) is 0 Å². The molecule has 1 heterocycles. The van der Waals surface area contributed by atoms with E-state index in [1.54, 1.807) is 12.1 Å². The van der Waals surface area contributed by atoms with Gasteiger partial charge in [0.15, 0.2) is 0 Å². The second-order valence-electron chi connectivity index (χ2n) is 8.51. The van der Waals surface area contributed by atoms with Crippen LogP contribution in [0.3, 0.4) is 0 Å². The summed E-state index contributed by atoms with van der Waals surface area (Å²) in [4.78, 5) is 24.1. The lowest BCUT2D eigenvalue weighted by Crippen LogP contribution is -2.43. The number of methoxy groups -OCH3 is 1. The van der Waals surface area contributed by atoms with E-state index in [0.29, 0.717) is 18.4 Å². The van der Waals surface area contributed by atoms with Crippen molar-refractivity contribution in [3.8, 4) is 5.69 Å². The fraction of sp³-hybridized carbons (Fsp3) is 0.542. The molecule has 1 saturated carbocycles. The monoisotopic (exact) mass is 427 g/mol. The van der Waals surface area contributed by atoms with Crippen LogP contribution in [0.2, 0.25) is 0 Å². The first kappa shape index (κ1) is 23.0. The fourth-order valence-electron chi connectivity index (χ4n) is 4.29. The number of ether oxygens (including phenoxy) is 1. The maximum Gasteiger partial charge on any atom is 0.305 e. The predicted octanol–water partition coefficient (Wildman–Crippen LogP) is 3.41. The summed E-state index contributed by atoms with van der Waals surface area (Å²) in [6, 6.07) is 7.48. The van der Waals surface area contributed by atoms with Crippen LogP contribution < -0.4 is 5.32 Å². The van der Waals surface area contributed by atoms with Crippen molar-refractivity contribution >= 4 is 11.9 Å². The SMILES string of the molecule is CCC1(O)CCC(NC(=O)c2ccc(-n3nc(C)c(CCC(=O)OC)c3C)cc2)CC1. The molecule has 2 aromatic rings. The number of carbonyl (C=O) groups is 2. The number of benzene rings is 1. The Morgan fingerprint density at radius 1 is 1.23 bits per heavy atom. The second kappa shape index (κ2) is 9.64. The van der Waals surface area contributed by atoms with E-state index in [4.69, 9.17) is 4.74 Å². The molecule has 1 fully saturated rings. The zero-order chi connectivity index (χ0) is 22.6. The molecule has 0 bridgehead atoms. The first-order valence-corrected chi connectivity index (χ1v) is 11.0. The van der Waals surface area contributed by atoms with E-state index < -0.39 is 5.60 Å². The maximum atomic E-state index is 12.7. The number of amides is 1. The Kier molecular flexibility index (Phi) is 7.15. The van der Waals surface area contributed by atoms with Crippen LogP contribution >= 0.6 is 0 Å². The molecule has 168 valence electrons. The maximum absolute atomic E-state index is 12.7. The highest BCUT2D eigenvalue weighted by Crippen LogP contribution is 2.31. The van der Waals surface area contributed by atoms with Gasteiger partial charge in [0, 0.05) is 23.7 Å². The van der Waals surface area contributed by atoms with Gasteiger partial charge in [-0.2, -0.15) is 5.10 Å². The average Bonchev–Trinajstić information content (AvgIpc) is 3.07. The molecular formula is C24H33N3O4. The van der Waals surface area contributed by atoms with Crippen LogP contribution in [0.25, 0.3) is 5.69 Å². The van der Waals surface area contributed by atoms with Crippen molar-refractivity contribution in [3.63, 3.8) is 0 Å². The number of carbonyl (C=O) groups excluding carboxylic acids is 2. The van der Waals surface area contributed by atoms with Gasteiger partial charge in [-0.1, -0.05) is 6.92 Å². The normalized spacial score (nSPS) is 21.0. The van der Waals surface area contributed by atoms with Crippen LogP contribution in [0, 0.1) is 13.8 Å². The Hall–Kier alpha value is -2.67. The Morgan fingerprint density at radius 2 is 1.87 bits per heavy atom. The smallest absolute Gasteiger partial charge is 0.305 e. The van der Waals surface area contributed by atoms with E-state index in [2.05, 4.69) is 10.4 Å². The number of hydrogen-bond donors (Lipinski definition) is 2. The lowest BCUT2D eigenvalue weighted by molar-refractivity contribution is -0.140. The molecule has 1 aliphatic rings. The van der Waals surface area contributed by atoms with Crippen LogP contribution in [-0.4, -0.2) is 45.5 Å². The van der Waals surface area contributed by atoms with Gasteiger partial charge in [0.1, 0.15) is 0 Å². The summed E-state index contributed by atoms with van der Waals surface area (Å²) in [6.45, 7) is 5.92. The highest BCUT2D eigenvalue weighted by atomic mass is 16.5. The van der Waals surface area contributed by atoms with Gasteiger partial charge in [-0.15, -0.1) is 0 Å². The average molecular weight is 428 g/mol. The van der Waals surface area contributed by atoms with Gasteiger partial charge >= 0.3 is 5.97 Å². The quantitative estimate of drug-likeness (QED) is 0.661. The number of esters is 1. The molecule has 1 aromatic carbocycles. The third kappa shape index (κ3) is 5.34. The summed E-state index contributed by atoms with van der Waals surface area (Å²) in [5, 5.41) is 18.1. The molecule has 7 heteroatoms. The molecule has 1 aliphatic carbocycles. The number of hydrogen-bond acceptors (Lipinski definition) is 5. The van der Waals surface area contributed by atoms with E-state index in [1.807, 2.05) is 37.6 Å². The summed E-state index contributed by atoms with van der Waals surface area (Å²) in [5.41, 5.74) is 3.80. The molecule has 31 heavy (non-hydrogen) atoms. The largest absolute Gasteiger partial charge is 0.469 e. The lowest BCUT2D eigenvalue weighted by Gasteiger charge is -2.35. The van der Waals surface area contributed by atoms with E-state index in [1.165, 1.54) is 7.11 Å². The Morgan fingerprint density at radius 3 is 2.45 bits per heavy atom. The molecule has 0 aliphatic heterocycles. The number of aromatic nitrogens is 2. The molecule has 0 spiro atoms. The molecule has 2 N–H and O–H groups in total. The van der Waals surface area contributed by atoms with Crippen molar-refractivity contribution in [2.45, 2.75) is 77.4 Å². The number of aliphatic hydroxyl groups is 1. The molecule has 0 saturated heterocycles. The van der Waals surface area contributed by atoms with E-state index in [0.717, 1.165) is 54.7 Å². The number of nitrogens with one attached hydrogen (secondary N) is 1. The second-order valence-corrected chi connectivity index (χ2v) is 8.51. The summed E-state index contributed by atoms with van der Waals surface area (Å²) >= 11 is 0. The fourth-order valence-corrected chi connectivity index (χ4v) is 4.29. The molecule has 0 unspecified atom stereocenters. The topological polar surface area (TPSA) is 93.5 Å². The predicted molar refractivity (Wildman–Crippen MR) is 118 cm³/mol. The molecule has 7 nitrogen and oxygen atoms in total. The van der Waals surface area contributed by atoms with Gasteiger partial charge in [0.2, 0.25) is 0 Å². The van der Waals surface area contributed by atoms with Crippen molar-refractivity contribution in [2.75, 3.05) is 7.11 Å².